The van der Waals surface area contributed by atoms with Crippen LogP contribution in [0.15, 0.2) is 11.3 Å². The zero-order valence-corrected chi connectivity index (χ0v) is 16.7. The van der Waals surface area contributed by atoms with Gasteiger partial charge in [-0.25, -0.2) is 4.79 Å². The third-order valence-corrected chi connectivity index (χ3v) is 4.82. The van der Waals surface area contributed by atoms with Gasteiger partial charge in [0.05, 0.1) is 18.6 Å². The number of carbonyl (C=O) groups is 2. The average Bonchev–Trinajstić information content (AvgIpc) is 3.09. The fourth-order valence-corrected chi connectivity index (χ4v) is 3.66. The fraction of sp³-hybridized carbons (Fsp3) is 0.789. The van der Waals surface area contributed by atoms with Gasteiger partial charge in [-0.05, 0) is 47.0 Å². The Morgan fingerprint density at radius 2 is 1.92 bits per heavy atom. The van der Waals surface area contributed by atoms with E-state index in [-0.39, 0.29) is 12.0 Å². The third-order valence-electron chi connectivity index (χ3n) is 4.82. The number of ether oxygens (including phenoxy) is 2. The number of hydrogen-bond acceptors (Lipinski definition) is 6. The summed E-state index contributed by atoms with van der Waals surface area (Å²) in [4.78, 5) is 30.4. The van der Waals surface area contributed by atoms with Gasteiger partial charge < -0.3 is 14.8 Å². The maximum absolute atomic E-state index is 12.4. The maximum Gasteiger partial charge on any atom is 0.408 e. The van der Waals surface area contributed by atoms with Crippen molar-refractivity contribution in [2.24, 2.45) is 11.8 Å². The van der Waals surface area contributed by atoms with Crippen LogP contribution in [-0.2, 0) is 19.1 Å². The molecule has 1 heterocycles. The fourth-order valence-electron chi connectivity index (χ4n) is 3.66. The Bertz CT molecular complexity index is 563. The van der Waals surface area contributed by atoms with Crippen molar-refractivity contribution in [1.82, 2.24) is 10.8 Å². The second-order valence-electron chi connectivity index (χ2n) is 7.82. The van der Waals surface area contributed by atoms with Gasteiger partial charge >= 0.3 is 12.1 Å². The van der Waals surface area contributed by atoms with E-state index in [1.165, 1.54) is 0 Å². The molecule has 7 heteroatoms. The summed E-state index contributed by atoms with van der Waals surface area (Å²) in [6.45, 7) is 11.8. The van der Waals surface area contributed by atoms with E-state index in [9.17, 15) is 9.59 Å². The van der Waals surface area contributed by atoms with Gasteiger partial charge in [-0.2, -0.15) is 0 Å². The Labute approximate surface area is 155 Å². The van der Waals surface area contributed by atoms with Crippen LogP contribution in [0.3, 0.4) is 0 Å². The van der Waals surface area contributed by atoms with Gasteiger partial charge in [0.2, 0.25) is 0 Å². The van der Waals surface area contributed by atoms with Crippen molar-refractivity contribution in [2.45, 2.75) is 78.6 Å². The van der Waals surface area contributed by atoms with E-state index in [0.29, 0.717) is 18.9 Å². The molecule has 2 aliphatic rings. The number of rotatable bonds is 6. The molecule has 0 saturated heterocycles. The molecule has 0 bridgehead atoms. The molecule has 1 saturated carbocycles. The topological polar surface area (TPSA) is 85.9 Å². The van der Waals surface area contributed by atoms with Crippen molar-refractivity contribution < 1.29 is 23.9 Å². The van der Waals surface area contributed by atoms with E-state index in [1.807, 2.05) is 20.8 Å². The van der Waals surface area contributed by atoms with Gasteiger partial charge in [-0.3, -0.25) is 15.1 Å². The molecule has 2 rings (SSSR count). The lowest BCUT2D eigenvalue weighted by molar-refractivity contribution is -0.152. The molecular weight excluding hydrogens is 336 g/mol. The van der Waals surface area contributed by atoms with Crippen LogP contribution in [-0.4, -0.2) is 36.4 Å². The lowest BCUT2D eigenvalue weighted by Crippen LogP contribution is -2.39. The highest BCUT2D eigenvalue weighted by atomic mass is 16.7. The van der Waals surface area contributed by atoms with Crippen molar-refractivity contribution >= 4 is 12.1 Å². The highest BCUT2D eigenvalue weighted by Crippen LogP contribution is 2.41. The molecule has 2 N–H and O–H groups in total. The molecule has 0 radical (unpaired) electrons. The molecular formula is C19H32N2O5. The van der Waals surface area contributed by atoms with Crippen LogP contribution in [0, 0.1) is 11.8 Å². The molecule has 0 aromatic carbocycles. The van der Waals surface area contributed by atoms with Gasteiger partial charge in [0.1, 0.15) is 11.7 Å². The van der Waals surface area contributed by atoms with Crippen LogP contribution < -0.4 is 10.8 Å². The first kappa shape index (κ1) is 20.6. The van der Waals surface area contributed by atoms with Gasteiger partial charge in [0.25, 0.3) is 0 Å². The summed E-state index contributed by atoms with van der Waals surface area (Å²) in [5.74, 6) is -0.445. The van der Waals surface area contributed by atoms with Crippen molar-refractivity contribution in [3.05, 3.63) is 11.3 Å². The first-order valence-corrected chi connectivity index (χ1v) is 9.53. The van der Waals surface area contributed by atoms with Gasteiger partial charge in [0.15, 0.2) is 0 Å². The van der Waals surface area contributed by atoms with Crippen LogP contribution in [0.4, 0.5) is 4.79 Å². The van der Waals surface area contributed by atoms with Crippen LogP contribution >= 0.6 is 0 Å². The Balaban J connectivity index is 2.27. The molecule has 1 aliphatic carbocycles. The zero-order valence-electron chi connectivity index (χ0n) is 16.7. The number of hydroxylamine groups is 1. The van der Waals surface area contributed by atoms with Crippen molar-refractivity contribution in [1.29, 1.82) is 0 Å². The number of carbonyl (C=O) groups excluding carboxylic acids is 2. The predicted molar refractivity (Wildman–Crippen MR) is 97.0 cm³/mol. The molecule has 0 aromatic heterocycles. The smallest absolute Gasteiger partial charge is 0.408 e. The Morgan fingerprint density at radius 3 is 2.46 bits per heavy atom. The lowest BCUT2D eigenvalue weighted by atomic mass is 9.93. The summed E-state index contributed by atoms with van der Waals surface area (Å²) in [5, 5.41) is 2.92. The van der Waals surface area contributed by atoms with E-state index >= 15 is 0 Å². The summed E-state index contributed by atoms with van der Waals surface area (Å²) in [7, 11) is 0. The van der Waals surface area contributed by atoms with E-state index in [2.05, 4.69) is 24.6 Å². The van der Waals surface area contributed by atoms with E-state index in [4.69, 9.17) is 14.3 Å². The van der Waals surface area contributed by atoms with Gasteiger partial charge in [-0.1, -0.05) is 13.8 Å². The van der Waals surface area contributed by atoms with E-state index in [0.717, 1.165) is 24.1 Å². The summed E-state index contributed by atoms with van der Waals surface area (Å²) in [6.07, 6.45) is 1.44. The van der Waals surface area contributed by atoms with Crippen LogP contribution in [0.2, 0.25) is 0 Å². The first-order chi connectivity index (χ1) is 12.2. The van der Waals surface area contributed by atoms with Gasteiger partial charge in [0, 0.05) is 17.2 Å². The summed E-state index contributed by atoms with van der Waals surface area (Å²) in [5.41, 5.74) is 4.36. The first-order valence-electron chi connectivity index (χ1n) is 9.53. The maximum atomic E-state index is 12.4. The minimum absolute atomic E-state index is 0.291. The van der Waals surface area contributed by atoms with Crippen LogP contribution in [0.25, 0.3) is 0 Å². The lowest BCUT2D eigenvalue weighted by Gasteiger charge is -2.23. The van der Waals surface area contributed by atoms with Crippen LogP contribution in [0.1, 0.15) is 60.8 Å². The third kappa shape index (κ3) is 4.50. The molecule has 26 heavy (non-hydrogen) atoms. The number of allylic oxidation sites excluding steroid dienone is 1. The second-order valence-corrected chi connectivity index (χ2v) is 7.82. The van der Waals surface area contributed by atoms with E-state index < -0.39 is 23.7 Å². The Hall–Kier alpha value is -1.76. The zero-order chi connectivity index (χ0) is 19.5. The minimum atomic E-state index is -0.584. The molecule has 1 amide bonds. The standard InChI is InChI=1S/C19H32N2O5/c1-7-11(8-2)15-14-13(20-18(23)25-19(4,5)6)10-12(16(14)26-21-15)17(22)24-9-3/h11-13,16,21H,7-10H2,1-6H3,(H,20,23)/t12-,13+,16+/m0/s1. The van der Waals surface area contributed by atoms with Crippen LogP contribution in [0.5, 0.6) is 0 Å². The van der Waals surface area contributed by atoms with E-state index in [1.54, 1.807) is 6.92 Å². The predicted octanol–water partition coefficient (Wildman–Crippen LogP) is 3.06. The normalized spacial score (nSPS) is 25.1. The molecule has 3 atom stereocenters. The largest absolute Gasteiger partial charge is 0.466 e. The second kappa shape index (κ2) is 8.29. The average molecular weight is 368 g/mol. The number of hydrogen-bond donors (Lipinski definition) is 2. The molecule has 1 aliphatic heterocycles. The molecule has 7 nitrogen and oxygen atoms in total. The highest BCUT2D eigenvalue weighted by Gasteiger charge is 2.50. The molecule has 1 fully saturated rings. The van der Waals surface area contributed by atoms with Gasteiger partial charge in [-0.15, -0.1) is 0 Å². The van der Waals surface area contributed by atoms with Crippen molar-refractivity contribution in [2.75, 3.05) is 6.61 Å². The number of alkyl carbamates (subject to hydrolysis) is 1. The quantitative estimate of drug-likeness (QED) is 0.701. The highest BCUT2D eigenvalue weighted by molar-refractivity contribution is 5.76. The SMILES string of the molecule is CCOC(=O)[C@H]1C[C@@H](NC(=O)OC(C)(C)C)C2=C(C(CC)CC)NO[C@@H]21. The Morgan fingerprint density at radius 1 is 1.27 bits per heavy atom. The number of fused-ring (bicyclic) bond motifs is 1. The number of amides is 1. The van der Waals surface area contributed by atoms with Crippen molar-refractivity contribution in [3.8, 4) is 0 Å². The molecule has 0 aromatic rings. The number of esters is 1. The molecule has 148 valence electrons. The summed E-state index contributed by atoms with van der Waals surface area (Å²) in [6, 6.07) is -0.310. The molecule has 0 unspecified atom stereocenters. The number of nitrogens with one attached hydrogen (secondary N) is 2. The monoisotopic (exact) mass is 368 g/mol. The van der Waals surface area contributed by atoms with Crippen molar-refractivity contribution in [3.63, 3.8) is 0 Å². The summed E-state index contributed by atoms with van der Waals surface area (Å²) >= 11 is 0. The Kier molecular flexibility index (Phi) is 6.55. The molecule has 0 spiro atoms. The minimum Gasteiger partial charge on any atom is -0.466 e. The summed E-state index contributed by atoms with van der Waals surface area (Å²) < 4.78 is 10.6.